The van der Waals surface area contributed by atoms with Gasteiger partial charge in [0.2, 0.25) is 0 Å². The summed E-state index contributed by atoms with van der Waals surface area (Å²) in [5, 5.41) is 21.5. The molecule has 0 spiro atoms. The highest BCUT2D eigenvalue weighted by Crippen LogP contribution is 2.12. The van der Waals surface area contributed by atoms with Gasteiger partial charge >= 0.3 is 0 Å². The number of quaternary nitrogens is 1. The van der Waals surface area contributed by atoms with Crippen LogP contribution in [0.3, 0.4) is 0 Å². The molecule has 1 heterocycles. The lowest BCUT2D eigenvalue weighted by Crippen LogP contribution is -3.13. The Morgan fingerprint density at radius 3 is 2.17 bits per heavy atom. The van der Waals surface area contributed by atoms with Crippen LogP contribution in [-0.2, 0) is 22.7 Å². The largest absolute Gasteiger partial charge is 0.550 e. The van der Waals surface area contributed by atoms with E-state index in [4.69, 9.17) is 0 Å². The molecule has 0 aromatic heterocycles. The highest BCUT2D eigenvalue weighted by molar-refractivity contribution is 5.71. The maximum absolute atomic E-state index is 11.1. The molecule has 1 aromatic carbocycles. The van der Waals surface area contributed by atoms with E-state index in [-0.39, 0.29) is 12.8 Å². The standard InChI is InChI=1S/C13H15NO4/c15-12(16)6-5-11(13(17)18)14-7-9-3-1-2-4-10(9)8-14/h1-4,11H,5-8H2,(H,15,16)(H,17,18)/p-1/t11-/m1/s1. The van der Waals surface area contributed by atoms with Crippen molar-refractivity contribution >= 4 is 11.9 Å². The number of nitrogens with one attached hydrogen (secondary N) is 1. The summed E-state index contributed by atoms with van der Waals surface area (Å²) in [5.74, 6) is -2.42. The molecule has 0 aliphatic carbocycles. The maximum atomic E-state index is 11.1. The molecule has 0 saturated heterocycles. The average molecular weight is 248 g/mol. The molecule has 5 heteroatoms. The minimum absolute atomic E-state index is 0.0496. The fraction of sp³-hybridized carbons (Fsp3) is 0.385. The quantitative estimate of drug-likeness (QED) is 0.611. The first-order chi connectivity index (χ1) is 8.58. The van der Waals surface area contributed by atoms with E-state index in [1.54, 1.807) is 0 Å². The first-order valence-electron chi connectivity index (χ1n) is 5.90. The SMILES string of the molecule is O=C([O-])CC[C@H](C(=O)[O-])[NH+]1Cc2ccccc2C1. The molecular formula is C13H14NO4-. The second-order valence-electron chi connectivity index (χ2n) is 4.56. The number of carbonyl (C=O) groups is 2. The molecule has 1 N–H and O–H groups in total. The summed E-state index contributed by atoms with van der Waals surface area (Å²) >= 11 is 0. The van der Waals surface area contributed by atoms with E-state index < -0.39 is 18.0 Å². The van der Waals surface area contributed by atoms with Gasteiger partial charge in [0.25, 0.3) is 0 Å². The van der Waals surface area contributed by atoms with E-state index in [1.807, 2.05) is 24.3 Å². The summed E-state index contributed by atoms with van der Waals surface area (Å²) in [6.45, 7) is 1.20. The fourth-order valence-corrected chi connectivity index (χ4v) is 2.45. The molecule has 1 aliphatic heterocycles. The van der Waals surface area contributed by atoms with Gasteiger partial charge in [0, 0.05) is 23.5 Å². The summed E-state index contributed by atoms with van der Waals surface area (Å²) in [4.78, 5) is 22.4. The van der Waals surface area contributed by atoms with E-state index in [0.717, 1.165) is 16.0 Å². The summed E-state index contributed by atoms with van der Waals surface area (Å²) in [5.41, 5.74) is 2.24. The maximum Gasteiger partial charge on any atom is 0.128 e. The van der Waals surface area contributed by atoms with Gasteiger partial charge in [-0.1, -0.05) is 24.3 Å². The zero-order valence-electron chi connectivity index (χ0n) is 9.85. The van der Waals surface area contributed by atoms with Gasteiger partial charge in [-0.2, -0.15) is 0 Å². The van der Waals surface area contributed by atoms with E-state index >= 15 is 0 Å². The van der Waals surface area contributed by atoms with Crippen LogP contribution in [0, 0.1) is 0 Å². The first-order valence-corrected chi connectivity index (χ1v) is 5.90. The van der Waals surface area contributed by atoms with Gasteiger partial charge in [-0.05, 0) is 6.42 Å². The number of benzene rings is 1. The number of aliphatic carboxylic acids is 2. The molecule has 0 bridgehead atoms. The Kier molecular flexibility index (Phi) is 3.62. The Labute approximate surface area is 105 Å². The molecule has 0 amide bonds. The van der Waals surface area contributed by atoms with Gasteiger partial charge in [-0.15, -0.1) is 0 Å². The normalized spacial score (nSPS) is 16.2. The summed E-state index contributed by atoms with van der Waals surface area (Å²) in [7, 11) is 0. The predicted molar refractivity (Wildman–Crippen MR) is 57.8 cm³/mol. The van der Waals surface area contributed by atoms with Crippen molar-refractivity contribution in [2.75, 3.05) is 0 Å². The van der Waals surface area contributed by atoms with Crippen LogP contribution in [0.2, 0.25) is 0 Å². The number of hydrogen-bond donors (Lipinski definition) is 1. The van der Waals surface area contributed by atoms with E-state index in [1.165, 1.54) is 0 Å². The van der Waals surface area contributed by atoms with Gasteiger partial charge in [-0.25, -0.2) is 0 Å². The van der Waals surface area contributed by atoms with Gasteiger partial charge < -0.3 is 24.7 Å². The number of carbonyl (C=O) groups excluding carboxylic acids is 2. The number of carboxylic acids is 2. The van der Waals surface area contributed by atoms with Gasteiger partial charge in [0.05, 0.1) is 5.97 Å². The molecule has 1 aliphatic rings. The third-order valence-corrected chi connectivity index (χ3v) is 3.37. The van der Waals surface area contributed by atoms with Crippen LogP contribution in [-0.4, -0.2) is 18.0 Å². The Morgan fingerprint density at radius 1 is 1.17 bits per heavy atom. The number of carboxylic acid groups (broad SMARTS) is 2. The van der Waals surface area contributed by atoms with Gasteiger partial charge in [0.15, 0.2) is 0 Å². The van der Waals surface area contributed by atoms with Crippen molar-refractivity contribution < 1.29 is 24.7 Å². The number of rotatable bonds is 5. The molecule has 0 fully saturated rings. The van der Waals surface area contributed by atoms with Crippen molar-refractivity contribution in [3.63, 3.8) is 0 Å². The first kappa shape index (κ1) is 12.6. The minimum atomic E-state index is -1.22. The average Bonchev–Trinajstić information content (AvgIpc) is 2.71. The lowest BCUT2D eigenvalue weighted by Gasteiger charge is -2.25. The molecule has 0 unspecified atom stereocenters. The highest BCUT2D eigenvalue weighted by atomic mass is 16.4. The van der Waals surface area contributed by atoms with Crippen LogP contribution >= 0.6 is 0 Å². The zero-order chi connectivity index (χ0) is 13.1. The number of hydrogen-bond acceptors (Lipinski definition) is 4. The number of fused-ring (bicyclic) bond motifs is 1. The molecule has 1 atom stereocenters. The van der Waals surface area contributed by atoms with E-state index in [9.17, 15) is 19.8 Å². The van der Waals surface area contributed by atoms with E-state index in [2.05, 4.69) is 0 Å². The molecule has 0 radical (unpaired) electrons. The summed E-state index contributed by atoms with van der Waals surface area (Å²) in [6.07, 6.45) is -0.202. The van der Waals surface area contributed by atoms with Crippen molar-refractivity contribution in [1.29, 1.82) is 0 Å². The second kappa shape index (κ2) is 5.18. The van der Waals surface area contributed by atoms with Crippen molar-refractivity contribution in [2.45, 2.75) is 32.0 Å². The predicted octanol–water partition coefficient (Wildman–Crippen LogP) is -2.77. The monoisotopic (exact) mass is 248 g/mol. The Morgan fingerprint density at radius 2 is 1.72 bits per heavy atom. The van der Waals surface area contributed by atoms with Gasteiger partial charge in [-0.3, -0.25) is 0 Å². The summed E-state index contributed by atoms with van der Waals surface area (Å²) < 4.78 is 0. The Bertz CT molecular complexity index is 447. The smallest absolute Gasteiger partial charge is 0.128 e. The Hall–Kier alpha value is -1.88. The van der Waals surface area contributed by atoms with Crippen molar-refractivity contribution in [3.8, 4) is 0 Å². The van der Waals surface area contributed by atoms with Crippen LogP contribution < -0.4 is 15.1 Å². The molecule has 5 nitrogen and oxygen atoms in total. The summed E-state index contributed by atoms with van der Waals surface area (Å²) in [6, 6.07) is 6.96. The third kappa shape index (κ3) is 2.68. The second-order valence-corrected chi connectivity index (χ2v) is 4.56. The topological polar surface area (TPSA) is 84.7 Å². The van der Waals surface area contributed by atoms with Crippen molar-refractivity contribution in [3.05, 3.63) is 35.4 Å². The molecular weight excluding hydrogens is 234 g/mol. The molecule has 1 aromatic rings. The lowest BCUT2D eigenvalue weighted by molar-refractivity contribution is -0.939. The van der Waals surface area contributed by atoms with Crippen molar-refractivity contribution in [1.82, 2.24) is 0 Å². The fourth-order valence-electron chi connectivity index (χ4n) is 2.45. The van der Waals surface area contributed by atoms with Crippen LogP contribution in [0.1, 0.15) is 24.0 Å². The van der Waals surface area contributed by atoms with Crippen LogP contribution in [0.15, 0.2) is 24.3 Å². The molecule has 18 heavy (non-hydrogen) atoms. The van der Waals surface area contributed by atoms with Crippen LogP contribution in [0.25, 0.3) is 0 Å². The van der Waals surface area contributed by atoms with E-state index in [0.29, 0.717) is 13.1 Å². The van der Waals surface area contributed by atoms with Gasteiger partial charge in [0.1, 0.15) is 19.1 Å². The third-order valence-electron chi connectivity index (χ3n) is 3.37. The lowest BCUT2D eigenvalue weighted by atomic mass is 10.1. The van der Waals surface area contributed by atoms with Crippen LogP contribution in [0.5, 0.6) is 0 Å². The molecule has 2 rings (SSSR count). The molecule has 0 saturated carbocycles. The Balaban J connectivity index is 2.06. The van der Waals surface area contributed by atoms with Crippen molar-refractivity contribution in [2.24, 2.45) is 0 Å². The minimum Gasteiger partial charge on any atom is -0.550 e. The van der Waals surface area contributed by atoms with Crippen LogP contribution in [0.4, 0.5) is 0 Å². The zero-order valence-corrected chi connectivity index (χ0v) is 9.85. The highest BCUT2D eigenvalue weighted by Gasteiger charge is 2.29. The molecule has 96 valence electrons.